The van der Waals surface area contributed by atoms with E-state index in [1.165, 1.54) is 5.56 Å². The Hall–Kier alpha value is -2.37. The van der Waals surface area contributed by atoms with Gasteiger partial charge in [-0.25, -0.2) is 4.99 Å². The molecule has 21 heavy (non-hydrogen) atoms. The summed E-state index contributed by atoms with van der Waals surface area (Å²) >= 11 is 0. The molecule has 0 saturated carbocycles. The van der Waals surface area contributed by atoms with Crippen LogP contribution >= 0.6 is 0 Å². The Kier molecular flexibility index (Phi) is 5.75. The van der Waals surface area contributed by atoms with Gasteiger partial charge in [-0.1, -0.05) is 35.5 Å². The molecule has 0 aliphatic heterocycles. The van der Waals surface area contributed by atoms with Crippen molar-refractivity contribution in [3.05, 3.63) is 47.6 Å². The molecular weight excluding hydrogens is 266 g/mol. The van der Waals surface area contributed by atoms with Crippen LogP contribution in [-0.4, -0.2) is 29.2 Å². The number of aryl methyl sites for hydroxylation is 1. The molecule has 0 fully saturated rings. The standard InChI is InChI=1S/C15H21N5O/c1-3-16-15(18-11-14-19-12(2)20-21-14)17-10-9-13-7-5-4-6-8-13/h4-8H,3,9-11H2,1-2H3,(H2,16,17,18). The predicted molar refractivity (Wildman–Crippen MR) is 82.0 cm³/mol. The van der Waals surface area contributed by atoms with Gasteiger partial charge in [0.05, 0.1) is 0 Å². The molecule has 6 heteroatoms. The first-order valence-electron chi connectivity index (χ1n) is 7.13. The molecule has 112 valence electrons. The van der Waals surface area contributed by atoms with Gasteiger partial charge in [0.2, 0.25) is 5.89 Å². The van der Waals surface area contributed by atoms with Gasteiger partial charge < -0.3 is 15.2 Å². The maximum Gasteiger partial charge on any atom is 0.248 e. The first-order chi connectivity index (χ1) is 10.3. The Bertz CT molecular complexity index is 564. The fraction of sp³-hybridized carbons (Fsp3) is 0.400. The molecule has 2 aromatic rings. The van der Waals surface area contributed by atoms with E-state index in [0.29, 0.717) is 18.3 Å². The fourth-order valence-electron chi connectivity index (χ4n) is 1.86. The summed E-state index contributed by atoms with van der Waals surface area (Å²) in [5.41, 5.74) is 1.30. The minimum atomic E-state index is 0.376. The maximum absolute atomic E-state index is 5.04. The van der Waals surface area contributed by atoms with Crippen LogP contribution in [0.2, 0.25) is 0 Å². The van der Waals surface area contributed by atoms with Gasteiger partial charge in [0, 0.05) is 13.1 Å². The first kappa shape index (κ1) is 15.0. The van der Waals surface area contributed by atoms with Gasteiger partial charge in [-0.2, -0.15) is 4.98 Å². The van der Waals surface area contributed by atoms with Crippen molar-refractivity contribution in [2.75, 3.05) is 13.1 Å². The zero-order valence-electron chi connectivity index (χ0n) is 12.5. The van der Waals surface area contributed by atoms with Crippen LogP contribution in [0.1, 0.15) is 24.2 Å². The highest BCUT2D eigenvalue weighted by atomic mass is 16.5. The van der Waals surface area contributed by atoms with Crippen molar-refractivity contribution >= 4 is 5.96 Å². The van der Waals surface area contributed by atoms with Gasteiger partial charge in [0.1, 0.15) is 6.54 Å². The number of aromatic nitrogens is 2. The Morgan fingerprint density at radius 3 is 2.71 bits per heavy atom. The van der Waals surface area contributed by atoms with Crippen molar-refractivity contribution in [1.82, 2.24) is 20.8 Å². The lowest BCUT2D eigenvalue weighted by atomic mass is 10.1. The first-order valence-corrected chi connectivity index (χ1v) is 7.13. The number of benzene rings is 1. The molecular formula is C15H21N5O. The molecule has 0 aliphatic carbocycles. The molecule has 0 unspecified atom stereocenters. The molecule has 0 atom stereocenters. The second-order valence-electron chi connectivity index (χ2n) is 4.59. The van der Waals surface area contributed by atoms with Crippen LogP contribution in [0.4, 0.5) is 0 Å². The molecule has 0 spiro atoms. The second-order valence-corrected chi connectivity index (χ2v) is 4.59. The van der Waals surface area contributed by atoms with E-state index < -0.39 is 0 Å². The minimum absolute atomic E-state index is 0.376. The van der Waals surface area contributed by atoms with E-state index in [1.807, 2.05) is 25.1 Å². The molecule has 0 radical (unpaired) electrons. The Balaban J connectivity index is 1.83. The normalized spacial score (nSPS) is 11.4. The molecule has 1 aromatic heterocycles. The summed E-state index contributed by atoms with van der Waals surface area (Å²) in [5, 5.41) is 10.2. The molecule has 0 bridgehead atoms. The number of nitrogens with one attached hydrogen (secondary N) is 2. The summed E-state index contributed by atoms with van der Waals surface area (Å²) in [6.45, 7) is 5.82. The average molecular weight is 287 g/mol. The third kappa shape index (κ3) is 5.25. The SMILES string of the molecule is CCNC(=NCc1nc(C)no1)NCCc1ccccc1. The molecule has 6 nitrogen and oxygen atoms in total. The molecule has 1 heterocycles. The highest BCUT2D eigenvalue weighted by Gasteiger charge is 2.02. The van der Waals surface area contributed by atoms with Crippen LogP contribution in [0.15, 0.2) is 39.8 Å². The Morgan fingerprint density at radius 1 is 1.24 bits per heavy atom. The average Bonchev–Trinajstić information content (AvgIpc) is 2.91. The lowest BCUT2D eigenvalue weighted by molar-refractivity contribution is 0.376. The van der Waals surface area contributed by atoms with Crippen molar-refractivity contribution < 1.29 is 4.52 Å². The monoisotopic (exact) mass is 287 g/mol. The number of aliphatic imine (C=N–C) groups is 1. The van der Waals surface area contributed by atoms with Gasteiger partial charge in [0.25, 0.3) is 0 Å². The topological polar surface area (TPSA) is 75.3 Å². The van der Waals surface area contributed by atoms with E-state index >= 15 is 0 Å². The third-order valence-electron chi connectivity index (χ3n) is 2.84. The van der Waals surface area contributed by atoms with Gasteiger partial charge in [-0.3, -0.25) is 0 Å². The lowest BCUT2D eigenvalue weighted by Crippen LogP contribution is -2.38. The zero-order chi connectivity index (χ0) is 14.9. The van der Waals surface area contributed by atoms with Crippen molar-refractivity contribution in [3.8, 4) is 0 Å². The van der Waals surface area contributed by atoms with Crippen LogP contribution in [0.3, 0.4) is 0 Å². The number of nitrogens with zero attached hydrogens (tertiary/aromatic N) is 3. The highest BCUT2D eigenvalue weighted by Crippen LogP contribution is 1.99. The van der Waals surface area contributed by atoms with Gasteiger partial charge in [-0.05, 0) is 25.8 Å². The second kappa shape index (κ2) is 8.04. The third-order valence-corrected chi connectivity index (χ3v) is 2.84. The van der Waals surface area contributed by atoms with Crippen molar-refractivity contribution in [2.45, 2.75) is 26.8 Å². The van der Waals surface area contributed by atoms with E-state index in [1.54, 1.807) is 6.92 Å². The van der Waals surface area contributed by atoms with Crippen LogP contribution in [0, 0.1) is 6.92 Å². The van der Waals surface area contributed by atoms with E-state index in [0.717, 1.165) is 25.5 Å². The predicted octanol–water partition coefficient (Wildman–Crippen LogP) is 1.68. The minimum Gasteiger partial charge on any atom is -0.357 e. The van der Waals surface area contributed by atoms with Crippen LogP contribution < -0.4 is 10.6 Å². The smallest absolute Gasteiger partial charge is 0.248 e. The largest absolute Gasteiger partial charge is 0.357 e. The summed E-state index contributed by atoms with van der Waals surface area (Å²) in [7, 11) is 0. The summed E-state index contributed by atoms with van der Waals surface area (Å²) in [4.78, 5) is 8.56. The quantitative estimate of drug-likeness (QED) is 0.624. The summed E-state index contributed by atoms with van der Waals surface area (Å²) in [5.74, 6) is 1.90. The number of hydrogen-bond acceptors (Lipinski definition) is 4. The fourth-order valence-corrected chi connectivity index (χ4v) is 1.86. The van der Waals surface area contributed by atoms with Gasteiger partial charge in [0.15, 0.2) is 11.8 Å². The Morgan fingerprint density at radius 2 is 2.05 bits per heavy atom. The van der Waals surface area contributed by atoms with E-state index in [4.69, 9.17) is 4.52 Å². The molecule has 1 aromatic carbocycles. The summed E-state index contributed by atoms with van der Waals surface area (Å²) < 4.78 is 5.04. The summed E-state index contributed by atoms with van der Waals surface area (Å²) in [6, 6.07) is 10.4. The number of hydrogen-bond donors (Lipinski definition) is 2. The van der Waals surface area contributed by atoms with E-state index in [2.05, 4.69) is 37.9 Å². The van der Waals surface area contributed by atoms with E-state index in [-0.39, 0.29) is 0 Å². The van der Waals surface area contributed by atoms with Crippen LogP contribution in [0.5, 0.6) is 0 Å². The van der Waals surface area contributed by atoms with Crippen molar-refractivity contribution in [1.29, 1.82) is 0 Å². The zero-order valence-corrected chi connectivity index (χ0v) is 12.5. The lowest BCUT2D eigenvalue weighted by Gasteiger charge is -2.10. The Labute approximate surface area is 124 Å². The van der Waals surface area contributed by atoms with Gasteiger partial charge >= 0.3 is 0 Å². The number of rotatable bonds is 6. The molecule has 0 aliphatic rings. The van der Waals surface area contributed by atoms with Crippen molar-refractivity contribution in [2.24, 2.45) is 4.99 Å². The number of guanidine groups is 1. The van der Waals surface area contributed by atoms with Crippen molar-refractivity contribution in [3.63, 3.8) is 0 Å². The van der Waals surface area contributed by atoms with Crippen LogP contribution in [0.25, 0.3) is 0 Å². The molecule has 0 amide bonds. The molecule has 2 N–H and O–H groups in total. The summed E-state index contributed by atoms with van der Waals surface area (Å²) in [6.07, 6.45) is 0.949. The van der Waals surface area contributed by atoms with E-state index in [9.17, 15) is 0 Å². The van der Waals surface area contributed by atoms with Gasteiger partial charge in [-0.15, -0.1) is 0 Å². The molecule has 2 rings (SSSR count). The van der Waals surface area contributed by atoms with Crippen LogP contribution in [-0.2, 0) is 13.0 Å². The highest BCUT2D eigenvalue weighted by molar-refractivity contribution is 5.79. The molecule has 0 saturated heterocycles. The maximum atomic E-state index is 5.04.